The number of urea groups is 1. The standard InChI is InChI=1S/C21H27ClN4O3/c1-5-24-9-10-25-15-8-6-7-14(22)13(15)11-21(16(25)12-24)17(27)23-19(29)26(18(21)28)20(2,3)4/h6-8,16H,5,9-12H2,1-4H3,(H,23,27,29)/t16-,21+/m0/s1. The Morgan fingerprint density at radius 2 is 1.93 bits per heavy atom. The fourth-order valence-electron chi connectivity index (χ4n) is 4.94. The van der Waals surface area contributed by atoms with E-state index in [2.05, 4.69) is 22.0 Å². The zero-order valence-electron chi connectivity index (χ0n) is 17.3. The number of piperazine rings is 1. The third-order valence-electron chi connectivity index (χ3n) is 6.42. The van der Waals surface area contributed by atoms with E-state index in [0.717, 1.165) is 24.3 Å². The predicted molar refractivity (Wildman–Crippen MR) is 111 cm³/mol. The first kappa shape index (κ1) is 20.2. The molecule has 7 nitrogen and oxygen atoms in total. The van der Waals surface area contributed by atoms with E-state index < -0.39 is 28.8 Å². The molecule has 1 aromatic carbocycles. The van der Waals surface area contributed by atoms with Gasteiger partial charge in [-0.1, -0.05) is 24.6 Å². The topological polar surface area (TPSA) is 73.0 Å². The van der Waals surface area contributed by atoms with Crippen molar-refractivity contribution in [3.05, 3.63) is 28.8 Å². The molecule has 0 aromatic heterocycles. The second kappa shape index (κ2) is 6.71. The number of likely N-dealkylation sites (N-methyl/N-ethyl adjacent to an activating group) is 1. The van der Waals surface area contributed by atoms with Crippen molar-refractivity contribution in [1.82, 2.24) is 15.1 Å². The predicted octanol–water partition coefficient (Wildman–Crippen LogP) is 2.27. The van der Waals surface area contributed by atoms with Gasteiger partial charge in [-0.15, -0.1) is 0 Å². The summed E-state index contributed by atoms with van der Waals surface area (Å²) in [5.74, 6) is -0.955. The fraction of sp³-hybridized carbons (Fsp3) is 0.571. The number of fused-ring (bicyclic) bond motifs is 4. The van der Waals surface area contributed by atoms with Crippen LogP contribution in [0.25, 0.3) is 0 Å². The van der Waals surface area contributed by atoms with Gasteiger partial charge in [0, 0.05) is 42.3 Å². The van der Waals surface area contributed by atoms with E-state index in [1.54, 1.807) is 26.8 Å². The average molecular weight is 419 g/mol. The number of carbonyl (C=O) groups is 3. The molecule has 3 aliphatic rings. The van der Waals surface area contributed by atoms with Gasteiger partial charge in [0.15, 0.2) is 5.41 Å². The summed E-state index contributed by atoms with van der Waals surface area (Å²) in [6.07, 6.45) is 0.186. The van der Waals surface area contributed by atoms with Crippen molar-refractivity contribution in [2.75, 3.05) is 31.1 Å². The smallest absolute Gasteiger partial charge is 0.331 e. The van der Waals surface area contributed by atoms with Crippen molar-refractivity contribution in [2.24, 2.45) is 5.41 Å². The summed E-state index contributed by atoms with van der Waals surface area (Å²) in [5, 5.41) is 3.02. The molecule has 0 radical (unpaired) electrons. The van der Waals surface area contributed by atoms with Crippen LogP contribution < -0.4 is 10.2 Å². The van der Waals surface area contributed by atoms with Gasteiger partial charge >= 0.3 is 6.03 Å². The molecule has 3 heterocycles. The van der Waals surface area contributed by atoms with Crippen molar-refractivity contribution >= 4 is 35.1 Å². The largest absolute Gasteiger partial charge is 0.364 e. The summed E-state index contributed by atoms with van der Waals surface area (Å²) >= 11 is 6.52. The summed E-state index contributed by atoms with van der Waals surface area (Å²) < 4.78 is 0. The molecule has 3 aliphatic heterocycles. The maximum absolute atomic E-state index is 13.9. The molecule has 0 aliphatic carbocycles. The second-order valence-electron chi connectivity index (χ2n) is 9.06. The Labute approximate surface area is 176 Å². The number of barbiturate groups is 1. The summed E-state index contributed by atoms with van der Waals surface area (Å²) in [6.45, 7) is 10.4. The Hall–Kier alpha value is -2.12. The lowest BCUT2D eigenvalue weighted by Gasteiger charge is -2.56. The number of amides is 4. The molecular formula is C21H27ClN4O3. The molecule has 4 amide bonds. The van der Waals surface area contributed by atoms with Crippen LogP contribution in [0.3, 0.4) is 0 Å². The number of carbonyl (C=O) groups excluding carboxylic acids is 3. The number of nitrogens with one attached hydrogen (secondary N) is 1. The Morgan fingerprint density at radius 3 is 2.59 bits per heavy atom. The van der Waals surface area contributed by atoms with Crippen LogP contribution in [0.15, 0.2) is 18.2 Å². The van der Waals surface area contributed by atoms with Crippen molar-refractivity contribution in [2.45, 2.75) is 45.7 Å². The summed E-state index contributed by atoms with van der Waals surface area (Å²) in [7, 11) is 0. The van der Waals surface area contributed by atoms with Gasteiger partial charge in [-0.25, -0.2) is 4.79 Å². The van der Waals surface area contributed by atoms with Crippen LogP contribution >= 0.6 is 11.6 Å². The first-order valence-electron chi connectivity index (χ1n) is 10.1. The highest BCUT2D eigenvalue weighted by molar-refractivity contribution is 6.32. The first-order valence-corrected chi connectivity index (χ1v) is 10.5. The third-order valence-corrected chi connectivity index (χ3v) is 6.78. The zero-order chi connectivity index (χ0) is 21.1. The van der Waals surface area contributed by atoms with E-state index in [9.17, 15) is 14.4 Å². The Morgan fingerprint density at radius 1 is 1.21 bits per heavy atom. The first-order chi connectivity index (χ1) is 13.6. The van der Waals surface area contributed by atoms with Gasteiger partial charge in [-0.3, -0.25) is 24.7 Å². The molecule has 156 valence electrons. The lowest BCUT2D eigenvalue weighted by atomic mass is 9.67. The number of imide groups is 2. The molecule has 2 saturated heterocycles. The highest BCUT2D eigenvalue weighted by atomic mass is 35.5. The number of benzene rings is 1. The molecule has 29 heavy (non-hydrogen) atoms. The van der Waals surface area contributed by atoms with E-state index in [-0.39, 0.29) is 12.5 Å². The van der Waals surface area contributed by atoms with Gasteiger partial charge in [0.2, 0.25) is 11.8 Å². The molecule has 4 rings (SSSR count). The summed E-state index contributed by atoms with van der Waals surface area (Å²) in [5.41, 5.74) is -0.377. The van der Waals surface area contributed by atoms with Crippen LogP contribution in [-0.2, 0) is 16.0 Å². The van der Waals surface area contributed by atoms with Crippen LogP contribution in [-0.4, -0.2) is 65.4 Å². The van der Waals surface area contributed by atoms with Crippen LogP contribution in [0.4, 0.5) is 10.5 Å². The Balaban J connectivity index is 1.92. The lowest BCUT2D eigenvalue weighted by molar-refractivity contribution is -0.157. The molecule has 2 atom stereocenters. The van der Waals surface area contributed by atoms with Crippen LogP contribution in [0, 0.1) is 5.41 Å². The van der Waals surface area contributed by atoms with Gasteiger partial charge in [-0.2, -0.15) is 0 Å². The maximum atomic E-state index is 13.9. The minimum absolute atomic E-state index is 0.186. The summed E-state index contributed by atoms with van der Waals surface area (Å²) in [4.78, 5) is 45.5. The SMILES string of the molecule is CCN1CCN2c3cccc(Cl)c3C[C@]3(C(=O)NC(=O)N(C(C)(C)C)C3=O)[C@@H]2C1. The Bertz CT molecular complexity index is 896. The van der Waals surface area contributed by atoms with Crippen molar-refractivity contribution in [1.29, 1.82) is 0 Å². The highest BCUT2D eigenvalue weighted by Gasteiger charge is 2.64. The minimum Gasteiger partial charge on any atom is -0.364 e. The van der Waals surface area contributed by atoms with E-state index in [1.165, 1.54) is 4.90 Å². The lowest BCUT2D eigenvalue weighted by Crippen LogP contribution is -2.76. The molecule has 0 unspecified atom stereocenters. The normalized spacial score (nSPS) is 27.8. The zero-order valence-corrected chi connectivity index (χ0v) is 18.0. The van der Waals surface area contributed by atoms with Crippen molar-refractivity contribution < 1.29 is 14.4 Å². The number of hydrogen-bond acceptors (Lipinski definition) is 5. The molecule has 1 N–H and O–H groups in total. The molecule has 2 fully saturated rings. The number of halogens is 1. The molecule has 0 bridgehead atoms. The van der Waals surface area contributed by atoms with Gasteiger partial charge in [0.25, 0.3) is 0 Å². The van der Waals surface area contributed by atoms with Gasteiger partial charge in [-0.05, 0) is 45.0 Å². The van der Waals surface area contributed by atoms with Crippen molar-refractivity contribution in [3.8, 4) is 0 Å². The van der Waals surface area contributed by atoms with E-state index in [0.29, 0.717) is 18.1 Å². The van der Waals surface area contributed by atoms with E-state index >= 15 is 0 Å². The van der Waals surface area contributed by atoms with Crippen LogP contribution in [0.2, 0.25) is 5.02 Å². The third kappa shape index (κ3) is 2.86. The number of anilines is 1. The van der Waals surface area contributed by atoms with E-state index in [1.807, 2.05) is 12.1 Å². The molecule has 1 spiro atoms. The molecule has 8 heteroatoms. The minimum atomic E-state index is -1.40. The van der Waals surface area contributed by atoms with Gasteiger partial charge in [0.1, 0.15) is 0 Å². The fourth-order valence-corrected chi connectivity index (χ4v) is 5.17. The Kier molecular flexibility index (Phi) is 4.66. The van der Waals surface area contributed by atoms with Gasteiger partial charge < -0.3 is 4.90 Å². The quantitative estimate of drug-likeness (QED) is 0.708. The number of rotatable bonds is 1. The average Bonchev–Trinajstić information content (AvgIpc) is 2.65. The number of nitrogens with zero attached hydrogens (tertiary/aromatic N) is 3. The molecule has 0 saturated carbocycles. The van der Waals surface area contributed by atoms with Crippen LogP contribution in [0.5, 0.6) is 0 Å². The monoisotopic (exact) mass is 418 g/mol. The van der Waals surface area contributed by atoms with Gasteiger partial charge in [0.05, 0.1) is 6.04 Å². The number of hydrogen-bond donors (Lipinski definition) is 1. The maximum Gasteiger partial charge on any atom is 0.331 e. The highest BCUT2D eigenvalue weighted by Crippen LogP contribution is 2.48. The van der Waals surface area contributed by atoms with Crippen molar-refractivity contribution in [3.63, 3.8) is 0 Å². The summed E-state index contributed by atoms with van der Waals surface area (Å²) in [6, 6.07) is 4.66. The van der Waals surface area contributed by atoms with E-state index in [4.69, 9.17) is 11.6 Å². The second-order valence-corrected chi connectivity index (χ2v) is 9.47. The van der Waals surface area contributed by atoms with Crippen LogP contribution in [0.1, 0.15) is 33.3 Å². The molecule has 1 aromatic rings. The molecular weight excluding hydrogens is 392 g/mol.